The average molecular weight is 248 g/mol. The minimum absolute atomic E-state index is 0.507. The van der Waals surface area contributed by atoms with E-state index in [1.165, 1.54) is 5.56 Å². The lowest BCUT2D eigenvalue weighted by molar-refractivity contribution is 0.859. The van der Waals surface area contributed by atoms with Crippen LogP contribution in [0.2, 0.25) is 0 Å². The molecule has 1 aromatic carbocycles. The number of aromatic nitrogens is 2. The fourth-order valence-electron chi connectivity index (χ4n) is 2.22. The second-order valence-electron chi connectivity index (χ2n) is 5.01. The number of benzene rings is 1. The Morgan fingerprint density at radius 2 is 1.74 bits per heavy atom. The highest BCUT2D eigenvalue weighted by Crippen LogP contribution is 2.26. The summed E-state index contributed by atoms with van der Waals surface area (Å²) >= 11 is 0. The Balaban J connectivity index is 2.14. The van der Waals surface area contributed by atoms with Gasteiger partial charge in [-0.05, 0) is 23.6 Å². The van der Waals surface area contributed by atoms with Crippen molar-refractivity contribution in [1.29, 1.82) is 0 Å². The number of rotatable bonds is 2. The Morgan fingerprint density at radius 3 is 2.47 bits per heavy atom. The number of hydrogen-bond acceptors (Lipinski definition) is 2. The molecule has 0 N–H and O–H groups in total. The van der Waals surface area contributed by atoms with Crippen molar-refractivity contribution in [3.05, 3.63) is 60.4 Å². The number of fused-ring (bicyclic) bond motifs is 1. The van der Waals surface area contributed by atoms with Gasteiger partial charge in [-0.15, -0.1) is 0 Å². The molecule has 2 aromatic heterocycles. The molecule has 0 saturated carbocycles. The third-order valence-electron chi connectivity index (χ3n) is 3.36. The van der Waals surface area contributed by atoms with Crippen LogP contribution in [0.25, 0.3) is 22.2 Å². The van der Waals surface area contributed by atoms with Crippen molar-refractivity contribution < 1.29 is 0 Å². The van der Waals surface area contributed by atoms with E-state index in [0.717, 1.165) is 22.2 Å². The van der Waals surface area contributed by atoms with Gasteiger partial charge in [0.05, 0.1) is 11.2 Å². The fourth-order valence-corrected chi connectivity index (χ4v) is 2.22. The summed E-state index contributed by atoms with van der Waals surface area (Å²) in [4.78, 5) is 9.06. The summed E-state index contributed by atoms with van der Waals surface area (Å²) in [6.07, 6.45) is 3.79. The van der Waals surface area contributed by atoms with Gasteiger partial charge in [-0.2, -0.15) is 0 Å². The number of hydrogen-bond donors (Lipinski definition) is 0. The lowest BCUT2D eigenvalue weighted by Crippen LogP contribution is -1.91. The molecule has 0 aliphatic rings. The summed E-state index contributed by atoms with van der Waals surface area (Å²) in [6.45, 7) is 4.35. The first kappa shape index (κ1) is 11.8. The van der Waals surface area contributed by atoms with Crippen molar-refractivity contribution in [2.75, 3.05) is 0 Å². The molecule has 0 bridgehead atoms. The molecular weight excluding hydrogens is 232 g/mol. The third kappa shape index (κ3) is 2.22. The Kier molecular flexibility index (Phi) is 3.00. The number of pyridine rings is 2. The number of para-hydroxylation sites is 1. The molecule has 0 aliphatic heterocycles. The molecular formula is C17H16N2. The molecule has 2 heteroatoms. The van der Waals surface area contributed by atoms with Crippen LogP contribution in [0.3, 0.4) is 0 Å². The molecule has 0 aliphatic carbocycles. The molecule has 0 spiro atoms. The lowest BCUT2D eigenvalue weighted by Gasteiger charge is -2.08. The van der Waals surface area contributed by atoms with E-state index < -0.39 is 0 Å². The topological polar surface area (TPSA) is 25.8 Å². The van der Waals surface area contributed by atoms with E-state index in [2.05, 4.69) is 60.2 Å². The zero-order chi connectivity index (χ0) is 13.2. The first-order valence-electron chi connectivity index (χ1n) is 6.56. The van der Waals surface area contributed by atoms with E-state index in [1.807, 2.05) is 18.5 Å². The Labute approximate surface area is 113 Å². The Bertz CT molecular complexity index is 695. The van der Waals surface area contributed by atoms with Gasteiger partial charge in [-0.3, -0.25) is 9.97 Å². The van der Waals surface area contributed by atoms with Gasteiger partial charge in [-0.1, -0.05) is 44.2 Å². The summed E-state index contributed by atoms with van der Waals surface area (Å²) in [7, 11) is 0. The molecule has 0 unspecified atom stereocenters. The largest absolute Gasteiger partial charge is 0.256 e. The van der Waals surface area contributed by atoms with Crippen LogP contribution >= 0.6 is 0 Å². The van der Waals surface area contributed by atoms with E-state index in [1.54, 1.807) is 0 Å². The summed E-state index contributed by atoms with van der Waals surface area (Å²) in [5.41, 5.74) is 4.34. The smallest absolute Gasteiger partial charge is 0.0795 e. The molecule has 94 valence electrons. The van der Waals surface area contributed by atoms with Crippen LogP contribution < -0.4 is 0 Å². The van der Waals surface area contributed by atoms with Gasteiger partial charge in [0.25, 0.3) is 0 Å². The van der Waals surface area contributed by atoms with E-state index in [9.17, 15) is 0 Å². The molecule has 0 amide bonds. The van der Waals surface area contributed by atoms with Crippen LogP contribution in [-0.2, 0) is 0 Å². The lowest BCUT2D eigenvalue weighted by atomic mass is 10.0. The fraction of sp³-hybridized carbons (Fsp3) is 0.176. The monoisotopic (exact) mass is 248 g/mol. The maximum atomic E-state index is 4.58. The second-order valence-corrected chi connectivity index (χ2v) is 5.01. The van der Waals surface area contributed by atoms with Gasteiger partial charge in [0.15, 0.2) is 0 Å². The molecule has 2 nitrogen and oxygen atoms in total. The second kappa shape index (κ2) is 4.81. The first-order valence-corrected chi connectivity index (χ1v) is 6.56. The zero-order valence-corrected chi connectivity index (χ0v) is 11.2. The molecule has 2 heterocycles. The minimum Gasteiger partial charge on any atom is -0.256 e. The first-order chi connectivity index (χ1) is 9.25. The normalized spacial score (nSPS) is 11.1. The maximum absolute atomic E-state index is 4.58. The van der Waals surface area contributed by atoms with Crippen molar-refractivity contribution in [3.63, 3.8) is 0 Å². The van der Waals surface area contributed by atoms with Crippen LogP contribution in [-0.4, -0.2) is 9.97 Å². The van der Waals surface area contributed by atoms with Crippen LogP contribution in [0.4, 0.5) is 0 Å². The van der Waals surface area contributed by atoms with Crippen molar-refractivity contribution in [1.82, 2.24) is 9.97 Å². The molecule has 0 fully saturated rings. The van der Waals surface area contributed by atoms with Gasteiger partial charge >= 0.3 is 0 Å². The molecule has 0 saturated heterocycles. The van der Waals surface area contributed by atoms with Crippen molar-refractivity contribution >= 4 is 10.9 Å². The molecule has 0 atom stereocenters. The van der Waals surface area contributed by atoms with E-state index in [0.29, 0.717) is 5.92 Å². The SMILES string of the molecule is CC(C)c1ccc(-c2cccc3cccnc23)nc1. The molecule has 19 heavy (non-hydrogen) atoms. The third-order valence-corrected chi connectivity index (χ3v) is 3.36. The zero-order valence-electron chi connectivity index (χ0n) is 11.2. The van der Waals surface area contributed by atoms with Crippen molar-refractivity contribution in [2.24, 2.45) is 0 Å². The standard InChI is InChI=1S/C17H16N2/c1-12(2)14-8-9-16(19-11-14)15-7-3-5-13-6-4-10-18-17(13)15/h3-12H,1-2H3. The van der Waals surface area contributed by atoms with Gasteiger partial charge in [0.2, 0.25) is 0 Å². The van der Waals surface area contributed by atoms with Crippen molar-refractivity contribution in [3.8, 4) is 11.3 Å². The average Bonchev–Trinajstić information content (AvgIpc) is 2.47. The van der Waals surface area contributed by atoms with Gasteiger partial charge in [-0.25, -0.2) is 0 Å². The minimum atomic E-state index is 0.507. The van der Waals surface area contributed by atoms with Gasteiger partial charge in [0.1, 0.15) is 0 Å². The van der Waals surface area contributed by atoms with Crippen LogP contribution in [0.1, 0.15) is 25.3 Å². The van der Waals surface area contributed by atoms with Crippen LogP contribution in [0.15, 0.2) is 54.9 Å². The predicted molar refractivity (Wildman–Crippen MR) is 79.1 cm³/mol. The van der Waals surface area contributed by atoms with E-state index in [-0.39, 0.29) is 0 Å². The highest BCUT2D eigenvalue weighted by atomic mass is 14.7. The van der Waals surface area contributed by atoms with Crippen molar-refractivity contribution in [2.45, 2.75) is 19.8 Å². The highest BCUT2D eigenvalue weighted by molar-refractivity contribution is 5.92. The molecule has 0 radical (unpaired) electrons. The predicted octanol–water partition coefficient (Wildman–Crippen LogP) is 4.42. The van der Waals surface area contributed by atoms with E-state index >= 15 is 0 Å². The quantitative estimate of drug-likeness (QED) is 0.671. The summed E-state index contributed by atoms with van der Waals surface area (Å²) in [5.74, 6) is 0.507. The number of nitrogens with zero attached hydrogens (tertiary/aromatic N) is 2. The Morgan fingerprint density at radius 1 is 0.895 bits per heavy atom. The van der Waals surface area contributed by atoms with Gasteiger partial charge in [0, 0.05) is 23.3 Å². The van der Waals surface area contributed by atoms with Crippen LogP contribution in [0, 0.1) is 0 Å². The van der Waals surface area contributed by atoms with Gasteiger partial charge < -0.3 is 0 Å². The molecule has 3 aromatic rings. The summed E-state index contributed by atoms with van der Waals surface area (Å²) in [6, 6.07) is 14.5. The summed E-state index contributed by atoms with van der Waals surface area (Å²) in [5, 5.41) is 1.15. The van der Waals surface area contributed by atoms with E-state index in [4.69, 9.17) is 0 Å². The Hall–Kier alpha value is -2.22. The highest BCUT2D eigenvalue weighted by Gasteiger charge is 2.06. The summed E-state index contributed by atoms with van der Waals surface area (Å²) < 4.78 is 0. The molecule has 3 rings (SSSR count). The maximum Gasteiger partial charge on any atom is 0.0795 e. The van der Waals surface area contributed by atoms with Crippen LogP contribution in [0.5, 0.6) is 0 Å².